The van der Waals surface area contributed by atoms with Crippen LogP contribution in [-0.2, 0) is 10.3 Å². The fraction of sp³-hybridized carbons (Fsp3) is 0.167. The Balaban J connectivity index is 2.32. The first-order valence-electron chi connectivity index (χ1n) is 5.19. The first-order valence-corrected chi connectivity index (χ1v) is 6.45. The molecule has 0 spiro atoms. The number of aliphatic carboxylic acids is 1. The fourth-order valence-electron chi connectivity index (χ4n) is 1.49. The monoisotopic (exact) mass is 282 g/mol. The van der Waals surface area contributed by atoms with E-state index in [0.717, 1.165) is 0 Å². The van der Waals surface area contributed by atoms with Crippen LogP contribution in [-0.4, -0.2) is 16.1 Å². The summed E-state index contributed by atoms with van der Waals surface area (Å²) in [6.45, 7) is 1.59. The summed E-state index contributed by atoms with van der Waals surface area (Å²) in [5.41, 5.74) is -0.568. The van der Waals surface area contributed by atoms with Gasteiger partial charge in [-0.15, -0.1) is 11.3 Å². The van der Waals surface area contributed by atoms with Gasteiger partial charge in [0.1, 0.15) is 5.01 Å². The second-order valence-corrected chi connectivity index (χ2v) is 5.23. The van der Waals surface area contributed by atoms with Crippen molar-refractivity contribution in [3.63, 3.8) is 0 Å². The Morgan fingerprint density at radius 1 is 1.44 bits per heavy atom. The zero-order valence-corrected chi connectivity index (χ0v) is 11.1. The van der Waals surface area contributed by atoms with Crippen LogP contribution in [0.4, 0.5) is 5.69 Å². The van der Waals surface area contributed by atoms with Gasteiger partial charge in [-0.2, -0.15) is 0 Å². The van der Waals surface area contributed by atoms with E-state index in [1.165, 1.54) is 11.3 Å². The second-order valence-electron chi connectivity index (χ2n) is 3.90. The number of anilines is 1. The third-order valence-corrected chi connectivity index (χ3v) is 3.77. The predicted octanol–water partition coefficient (Wildman–Crippen LogP) is 3.21. The number of carboxylic acids is 1. The molecule has 1 atom stereocenters. The standard InChI is InChI=1S/C12H11ClN2O2S/c1-12(11(16)17,10-14-6-7-18-10)15-9-4-2-8(13)3-5-9/h2-7,15H,1H3,(H,16,17). The van der Waals surface area contributed by atoms with Crippen molar-refractivity contribution in [2.75, 3.05) is 5.32 Å². The van der Waals surface area contributed by atoms with E-state index in [1.54, 1.807) is 42.8 Å². The van der Waals surface area contributed by atoms with Crippen molar-refractivity contribution < 1.29 is 9.90 Å². The largest absolute Gasteiger partial charge is 0.479 e. The van der Waals surface area contributed by atoms with Gasteiger partial charge in [0.15, 0.2) is 5.54 Å². The maximum Gasteiger partial charge on any atom is 0.336 e. The van der Waals surface area contributed by atoms with Gasteiger partial charge in [0, 0.05) is 22.3 Å². The van der Waals surface area contributed by atoms with Gasteiger partial charge < -0.3 is 10.4 Å². The molecule has 0 bridgehead atoms. The minimum Gasteiger partial charge on any atom is -0.479 e. The molecule has 0 radical (unpaired) electrons. The number of nitrogens with one attached hydrogen (secondary N) is 1. The molecule has 94 valence electrons. The number of hydrogen-bond donors (Lipinski definition) is 2. The van der Waals surface area contributed by atoms with E-state index in [1.807, 2.05) is 0 Å². The molecule has 2 aromatic rings. The van der Waals surface area contributed by atoms with E-state index < -0.39 is 11.5 Å². The maximum atomic E-state index is 11.5. The van der Waals surface area contributed by atoms with Crippen LogP contribution in [0, 0.1) is 0 Å². The number of carboxylic acid groups (broad SMARTS) is 1. The Morgan fingerprint density at radius 2 is 2.11 bits per heavy atom. The zero-order valence-electron chi connectivity index (χ0n) is 9.55. The smallest absolute Gasteiger partial charge is 0.336 e. The summed E-state index contributed by atoms with van der Waals surface area (Å²) in [6.07, 6.45) is 1.59. The lowest BCUT2D eigenvalue weighted by atomic mass is 10.0. The Bertz CT molecular complexity index is 542. The summed E-state index contributed by atoms with van der Waals surface area (Å²) >= 11 is 7.09. The van der Waals surface area contributed by atoms with Gasteiger partial charge >= 0.3 is 5.97 Å². The number of benzene rings is 1. The third kappa shape index (κ3) is 2.47. The molecule has 0 amide bonds. The van der Waals surface area contributed by atoms with Gasteiger partial charge in [-0.05, 0) is 31.2 Å². The quantitative estimate of drug-likeness (QED) is 0.904. The number of thiazole rings is 1. The number of aromatic nitrogens is 1. The average molecular weight is 283 g/mol. The Morgan fingerprint density at radius 3 is 2.61 bits per heavy atom. The zero-order chi connectivity index (χ0) is 13.2. The predicted molar refractivity (Wildman–Crippen MR) is 72.2 cm³/mol. The lowest BCUT2D eigenvalue weighted by Gasteiger charge is -2.25. The molecule has 2 rings (SSSR count). The highest BCUT2D eigenvalue weighted by Crippen LogP contribution is 2.28. The first kappa shape index (κ1) is 12.9. The highest BCUT2D eigenvalue weighted by molar-refractivity contribution is 7.09. The van der Waals surface area contributed by atoms with E-state index in [2.05, 4.69) is 10.3 Å². The summed E-state index contributed by atoms with van der Waals surface area (Å²) in [7, 11) is 0. The van der Waals surface area contributed by atoms with Gasteiger partial charge in [-0.3, -0.25) is 0 Å². The Labute approximate surface area is 113 Å². The van der Waals surface area contributed by atoms with Crippen LogP contribution in [0.5, 0.6) is 0 Å². The van der Waals surface area contributed by atoms with Crippen LogP contribution in [0.25, 0.3) is 0 Å². The second kappa shape index (κ2) is 4.96. The molecule has 2 N–H and O–H groups in total. The van der Waals surface area contributed by atoms with Crippen molar-refractivity contribution in [3.8, 4) is 0 Å². The van der Waals surface area contributed by atoms with Crippen molar-refractivity contribution in [2.24, 2.45) is 0 Å². The van der Waals surface area contributed by atoms with Gasteiger partial charge in [0.2, 0.25) is 0 Å². The molecule has 0 aliphatic carbocycles. The molecule has 18 heavy (non-hydrogen) atoms. The van der Waals surface area contributed by atoms with Gasteiger partial charge in [0.05, 0.1) is 0 Å². The van der Waals surface area contributed by atoms with Crippen LogP contribution < -0.4 is 5.32 Å². The van der Waals surface area contributed by atoms with Crippen LogP contribution in [0.3, 0.4) is 0 Å². The highest BCUT2D eigenvalue weighted by atomic mass is 35.5. The van der Waals surface area contributed by atoms with Crippen molar-refractivity contribution in [3.05, 3.63) is 45.9 Å². The van der Waals surface area contributed by atoms with E-state index in [9.17, 15) is 9.90 Å². The van der Waals surface area contributed by atoms with E-state index in [4.69, 9.17) is 11.6 Å². The van der Waals surface area contributed by atoms with Gasteiger partial charge in [-0.1, -0.05) is 11.6 Å². The maximum absolute atomic E-state index is 11.5. The third-order valence-electron chi connectivity index (χ3n) is 2.53. The van der Waals surface area contributed by atoms with Crippen molar-refractivity contribution in [1.29, 1.82) is 0 Å². The Hall–Kier alpha value is -1.59. The molecular weight excluding hydrogens is 272 g/mol. The molecule has 1 aromatic carbocycles. The Kier molecular flexibility index (Phi) is 3.54. The molecule has 0 fully saturated rings. The molecule has 4 nitrogen and oxygen atoms in total. The van der Waals surface area contributed by atoms with Gasteiger partial charge in [-0.25, -0.2) is 9.78 Å². The van der Waals surface area contributed by atoms with Crippen molar-refractivity contribution in [2.45, 2.75) is 12.5 Å². The van der Waals surface area contributed by atoms with Crippen molar-refractivity contribution >= 4 is 34.6 Å². The molecule has 6 heteroatoms. The number of halogens is 1. The normalized spacial score (nSPS) is 13.9. The summed E-state index contributed by atoms with van der Waals surface area (Å²) in [5.74, 6) is -0.979. The molecule has 1 aromatic heterocycles. The molecular formula is C12H11ClN2O2S. The lowest BCUT2D eigenvalue weighted by molar-refractivity contribution is -0.142. The van der Waals surface area contributed by atoms with Crippen LogP contribution in [0.15, 0.2) is 35.8 Å². The summed E-state index contributed by atoms with van der Waals surface area (Å²) in [5, 5.41) is 15.2. The molecule has 1 heterocycles. The number of carbonyl (C=O) groups is 1. The van der Waals surface area contributed by atoms with Crippen LogP contribution in [0.2, 0.25) is 5.02 Å². The summed E-state index contributed by atoms with van der Waals surface area (Å²) < 4.78 is 0. The SMILES string of the molecule is CC(Nc1ccc(Cl)cc1)(C(=O)O)c1nccs1. The molecule has 0 aliphatic rings. The molecule has 0 saturated heterocycles. The topological polar surface area (TPSA) is 62.2 Å². The number of hydrogen-bond acceptors (Lipinski definition) is 4. The van der Waals surface area contributed by atoms with E-state index in [-0.39, 0.29) is 0 Å². The van der Waals surface area contributed by atoms with Crippen LogP contribution >= 0.6 is 22.9 Å². The average Bonchev–Trinajstić information content (AvgIpc) is 2.86. The van der Waals surface area contributed by atoms with E-state index in [0.29, 0.717) is 15.7 Å². The van der Waals surface area contributed by atoms with Gasteiger partial charge in [0.25, 0.3) is 0 Å². The minimum absolute atomic E-state index is 0.505. The first-order chi connectivity index (χ1) is 8.52. The highest BCUT2D eigenvalue weighted by Gasteiger charge is 2.37. The minimum atomic E-state index is -1.25. The fourth-order valence-corrected chi connectivity index (χ4v) is 2.36. The van der Waals surface area contributed by atoms with E-state index >= 15 is 0 Å². The molecule has 0 saturated carbocycles. The number of rotatable bonds is 4. The van der Waals surface area contributed by atoms with Crippen molar-refractivity contribution in [1.82, 2.24) is 4.98 Å². The van der Waals surface area contributed by atoms with Crippen LogP contribution in [0.1, 0.15) is 11.9 Å². The molecule has 1 unspecified atom stereocenters. The molecule has 0 aliphatic heterocycles. The summed E-state index contributed by atoms with van der Waals surface area (Å²) in [6, 6.07) is 6.87. The number of nitrogens with zero attached hydrogens (tertiary/aromatic N) is 1. The lowest BCUT2D eigenvalue weighted by Crippen LogP contribution is -2.40. The summed E-state index contributed by atoms with van der Waals surface area (Å²) in [4.78, 5) is 15.5.